The molecule has 3 aromatic rings. The number of imidazole rings is 1. The molecule has 26 heavy (non-hydrogen) atoms. The second kappa shape index (κ2) is 6.46. The molecular weight excluding hydrogens is 376 g/mol. The fourth-order valence-corrected chi connectivity index (χ4v) is 4.71. The summed E-state index contributed by atoms with van der Waals surface area (Å²) in [5, 5.41) is 0.506. The normalized spacial score (nSPS) is 16.3. The molecule has 9 heteroatoms. The minimum Gasteiger partial charge on any atom is -0.369 e. The molecule has 1 saturated heterocycles. The quantitative estimate of drug-likeness (QED) is 0.713. The zero-order valence-electron chi connectivity index (χ0n) is 13.8. The molecule has 0 bridgehead atoms. The fourth-order valence-electron chi connectivity index (χ4n) is 3.16. The highest BCUT2D eigenvalue weighted by atomic mass is 35.5. The van der Waals surface area contributed by atoms with E-state index >= 15 is 0 Å². The fraction of sp³-hybridized carbons (Fsp3) is 0.235. The topological polar surface area (TPSA) is 89.3 Å². The Morgan fingerprint density at radius 1 is 0.885 bits per heavy atom. The van der Waals surface area contributed by atoms with Gasteiger partial charge in [0.15, 0.2) is 0 Å². The van der Waals surface area contributed by atoms with Gasteiger partial charge < -0.3 is 14.9 Å². The summed E-state index contributed by atoms with van der Waals surface area (Å²) < 4.78 is 27.0. The molecule has 2 heterocycles. The number of anilines is 1. The first-order valence-corrected chi connectivity index (χ1v) is 9.98. The molecule has 2 aromatic carbocycles. The monoisotopic (exact) mass is 392 g/mol. The van der Waals surface area contributed by atoms with E-state index in [1.54, 1.807) is 12.1 Å². The van der Waals surface area contributed by atoms with Crippen LogP contribution >= 0.6 is 11.6 Å². The summed E-state index contributed by atoms with van der Waals surface area (Å²) in [5.74, 6) is 0. The van der Waals surface area contributed by atoms with E-state index in [9.17, 15) is 13.2 Å². The van der Waals surface area contributed by atoms with Crippen LogP contribution in [0.1, 0.15) is 0 Å². The van der Waals surface area contributed by atoms with Gasteiger partial charge in [0.1, 0.15) is 0 Å². The van der Waals surface area contributed by atoms with Gasteiger partial charge in [0.2, 0.25) is 10.0 Å². The van der Waals surface area contributed by atoms with E-state index in [4.69, 9.17) is 11.6 Å². The number of hydrogen-bond acceptors (Lipinski definition) is 4. The van der Waals surface area contributed by atoms with E-state index in [2.05, 4.69) is 14.9 Å². The molecule has 7 nitrogen and oxygen atoms in total. The van der Waals surface area contributed by atoms with Crippen molar-refractivity contribution in [2.24, 2.45) is 0 Å². The van der Waals surface area contributed by atoms with Gasteiger partial charge in [-0.05, 0) is 42.5 Å². The van der Waals surface area contributed by atoms with E-state index in [0.717, 1.165) is 16.7 Å². The maximum Gasteiger partial charge on any atom is 0.323 e. The highest BCUT2D eigenvalue weighted by Crippen LogP contribution is 2.24. The lowest BCUT2D eigenvalue weighted by Gasteiger charge is -2.35. The molecule has 1 aromatic heterocycles. The number of halogens is 1. The highest BCUT2D eigenvalue weighted by Gasteiger charge is 2.28. The average molecular weight is 393 g/mol. The van der Waals surface area contributed by atoms with Crippen LogP contribution in [0.15, 0.2) is 52.2 Å². The molecule has 0 unspecified atom stereocenters. The van der Waals surface area contributed by atoms with Crippen molar-refractivity contribution < 1.29 is 8.42 Å². The number of nitrogens with one attached hydrogen (secondary N) is 2. The summed E-state index contributed by atoms with van der Waals surface area (Å²) in [6, 6.07) is 11.9. The van der Waals surface area contributed by atoms with Crippen LogP contribution in [0.4, 0.5) is 5.69 Å². The van der Waals surface area contributed by atoms with Gasteiger partial charge in [-0.1, -0.05) is 11.6 Å². The number of rotatable bonds is 3. The van der Waals surface area contributed by atoms with Gasteiger partial charge in [0.05, 0.1) is 15.9 Å². The van der Waals surface area contributed by atoms with Crippen molar-refractivity contribution in [1.82, 2.24) is 14.3 Å². The second-order valence-electron chi connectivity index (χ2n) is 6.15. The lowest BCUT2D eigenvalue weighted by molar-refractivity contribution is 0.385. The van der Waals surface area contributed by atoms with Gasteiger partial charge in [-0.3, -0.25) is 0 Å². The third-order valence-corrected chi connectivity index (χ3v) is 6.72. The third kappa shape index (κ3) is 3.11. The number of piperazine rings is 1. The summed E-state index contributed by atoms with van der Waals surface area (Å²) in [6.45, 7) is 1.94. The van der Waals surface area contributed by atoms with Crippen molar-refractivity contribution in [3.05, 3.63) is 58.0 Å². The first kappa shape index (κ1) is 17.1. The number of sulfonamides is 1. The highest BCUT2D eigenvalue weighted by molar-refractivity contribution is 7.89. The van der Waals surface area contributed by atoms with Crippen LogP contribution in [0, 0.1) is 0 Å². The van der Waals surface area contributed by atoms with E-state index in [0.29, 0.717) is 31.2 Å². The molecule has 136 valence electrons. The van der Waals surface area contributed by atoms with E-state index in [1.165, 1.54) is 16.4 Å². The summed E-state index contributed by atoms with van der Waals surface area (Å²) >= 11 is 5.84. The zero-order valence-corrected chi connectivity index (χ0v) is 15.3. The number of aromatic nitrogens is 2. The van der Waals surface area contributed by atoms with Crippen molar-refractivity contribution in [2.75, 3.05) is 31.1 Å². The second-order valence-corrected chi connectivity index (χ2v) is 8.53. The number of hydrogen-bond donors (Lipinski definition) is 2. The molecular formula is C17H17ClN4O3S. The Bertz CT molecular complexity index is 1100. The summed E-state index contributed by atoms with van der Waals surface area (Å²) in [5.41, 5.74) is 2.21. The number of aromatic amines is 2. The van der Waals surface area contributed by atoms with Crippen LogP contribution in [0.3, 0.4) is 0 Å². The molecule has 0 aliphatic carbocycles. The lowest BCUT2D eigenvalue weighted by Crippen LogP contribution is -2.48. The lowest BCUT2D eigenvalue weighted by atomic mass is 10.2. The van der Waals surface area contributed by atoms with Crippen LogP contribution in [-0.2, 0) is 10.0 Å². The Hall–Kier alpha value is -2.29. The molecule has 2 N–H and O–H groups in total. The van der Waals surface area contributed by atoms with Crippen molar-refractivity contribution in [3.63, 3.8) is 0 Å². The molecule has 1 aliphatic rings. The van der Waals surface area contributed by atoms with Gasteiger partial charge in [-0.25, -0.2) is 13.2 Å². The van der Waals surface area contributed by atoms with Crippen LogP contribution in [0.25, 0.3) is 11.0 Å². The molecule has 0 saturated carbocycles. The first-order valence-electron chi connectivity index (χ1n) is 8.16. The predicted octanol–water partition coefficient (Wildman–Crippen LogP) is 2.02. The van der Waals surface area contributed by atoms with Crippen molar-refractivity contribution in [1.29, 1.82) is 0 Å². The predicted molar refractivity (Wildman–Crippen MR) is 101 cm³/mol. The molecule has 0 radical (unpaired) electrons. The zero-order chi connectivity index (χ0) is 18.3. The van der Waals surface area contributed by atoms with E-state index in [-0.39, 0.29) is 10.6 Å². The van der Waals surface area contributed by atoms with Gasteiger partial charge >= 0.3 is 5.69 Å². The summed E-state index contributed by atoms with van der Waals surface area (Å²) in [6.07, 6.45) is 0. The Morgan fingerprint density at radius 3 is 2.23 bits per heavy atom. The SMILES string of the molecule is O=c1[nH]c2ccc(N3CCN(S(=O)(=O)c4ccc(Cl)cc4)CC3)cc2[nH]1. The number of nitrogens with zero attached hydrogens (tertiary/aromatic N) is 2. The molecule has 0 spiro atoms. The minimum atomic E-state index is -3.52. The van der Waals surface area contributed by atoms with Crippen molar-refractivity contribution in [3.8, 4) is 0 Å². The Morgan fingerprint density at radius 2 is 1.54 bits per heavy atom. The number of benzene rings is 2. The minimum absolute atomic E-state index is 0.240. The largest absolute Gasteiger partial charge is 0.369 e. The van der Waals surface area contributed by atoms with Gasteiger partial charge in [0.25, 0.3) is 0 Å². The van der Waals surface area contributed by atoms with Crippen molar-refractivity contribution in [2.45, 2.75) is 4.90 Å². The summed E-state index contributed by atoms with van der Waals surface area (Å²) in [4.78, 5) is 19.2. The molecule has 4 rings (SSSR count). The number of H-pyrrole nitrogens is 2. The molecule has 0 atom stereocenters. The molecule has 1 aliphatic heterocycles. The van der Waals surface area contributed by atoms with Crippen LogP contribution in [-0.4, -0.2) is 48.9 Å². The molecule has 0 amide bonds. The Balaban J connectivity index is 1.50. The van der Waals surface area contributed by atoms with Gasteiger partial charge in [0, 0.05) is 36.9 Å². The molecule has 1 fully saturated rings. The maximum atomic E-state index is 12.7. The Kier molecular flexibility index (Phi) is 4.26. The van der Waals surface area contributed by atoms with Crippen LogP contribution in [0.5, 0.6) is 0 Å². The third-order valence-electron chi connectivity index (χ3n) is 4.55. The standard InChI is InChI=1S/C17H17ClN4O3S/c18-12-1-4-14(5-2-12)26(24,25)22-9-7-21(8-10-22)13-3-6-15-16(11-13)20-17(23)19-15/h1-6,11H,7-10H2,(H2,19,20,23). The average Bonchev–Trinajstić information content (AvgIpc) is 3.01. The van der Waals surface area contributed by atoms with Crippen LogP contribution < -0.4 is 10.6 Å². The van der Waals surface area contributed by atoms with E-state index < -0.39 is 10.0 Å². The Labute approximate surface area is 155 Å². The number of fused-ring (bicyclic) bond motifs is 1. The smallest absolute Gasteiger partial charge is 0.323 e. The maximum absolute atomic E-state index is 12.7. The van der Waals surface area contributed by atoms with Crippen molar-refractivity contribution >= 4 is 38.3 Å². The first-order chi connectivity index (χ1) is 12.4. The van der Waals surface area contributed by atoms with Gasteiger partial charge in [-0.15, -0.1) is 0 Å². The van der Waals surface area contributed by atoms with Crippen LogP contribution in [0.2, 0.25) is 5.02 Å². The van der Waals surface area contributed by atoms with E-state index in [1.807, 2.05) is 18.2 Å². The summed E-state index contributed by atoms with van der Waals surface area (Å²) in [7, 11) is -3.52. The van der Waals surface area contributed by atoms with Gasteiger partial charge in [-0.2, -0.15) is 4.31 Å².